The predicted octanol–water partition coefficient (Wildman–Crippen LogP) is 5.28. The molecule has 6 heteroatoms. The quantitative estimate of drug-likeness (QED) is 0.489. The molecule has 3 rings (SSSR count). The summed E-state index contributed by atoms with van der Waals surface area (Å²) < 4.78 is 0. The van der Waals surface area contributed by atoms with Crippen LogP contribution in [0.3, 0.4) is 0 Å². The van der Waals surface area contributed by atoms with Crippen molar-refractivity contribution in [2.75, 3.05) is 0 Å². The van der Waals surface area contributed by atoms with Crippen molar-refractivity contribution in [3.8, 4) is 0 Å². The summed E-state index contributed by atoms with van der Waals surface area (Å²) in [6.45, 7) is 4.67. The van der Waals surface area contributed by atoms with Crippen molar-refractivity contribution in [3.63, 3.8) is 0 Å². The molecule has 1 atom stereocenters. The van der Waals surface area contributed by atoms with Gasteiger partial charge in [0.1, 0.15) is 0 Å². The fourth-order valence-corrected chi connectivity index (χ4v) is 4.17. The molecule has 1 aliphatic rings. The number of amides is 1. The number of thioether (sulfide) groups is 1. The minimum Gasteiger partial charge on any atom is -0.284 e. The largest absolute Gasteiger partial charge is 0.284 e. The van der Waals surface area contributed by atoms with Gasteiger partial charge in [0, 0.05) is 5.02 Å². The summed E-state index contributed by atoms with van der Waals surface area (Å²) in [7, 11) is 0. The number of aryl methyl sites for hydroxylation is 1. The maximum atomic E-state index is 12.8. The lowest BCUT2D eigenvalue weighted by Crippen LogP contribution is -2.31. The molecule has 2 aromatic carbocycles. The number of benzene rings is 2. The summed E-state index contributed by atoms with van der Waals surface area (Å²) in [4.78, 5) is 14.6. The number of hydrogen-bond donors (Lipinski definition) is 0. The topological polar surface area (TPSA) is 45.0 Å². The highest BCUT2D eigenvalue weighted by atomic mass is 35.5. The first kappa shape index (κ1) is 19.6. The van der Waals surface area contributed by atoms with Gasteiger partial charge < -0.3 is 0 Å². The Balaban J connectivity index is 1.82. The molecule has 1 amide bonds. The molecule has 140 valence electrons. The van der Waals surface area contributed by atoms with Gasteiger partial charge in [0.2, 0.25) is 5.91 Å². The van der Waals surface area contributed by atoms with E-state index >= 15 is 0 Å². The Labute approximate surface area is 169 Å². The third kappa shape index (κ3) is 4.99. The molecule has 0 unspecified atom stereocenters. The van der Waals surface area contributed by atoms with Crippen molar-refractivity contribution in [3.05, 3.63) is 70.2 Å². The van der Waals surface area contributed by atoms with Crippen molar-refractivity contribution < 1.29 is 4.79 Å². The lowest BCUT2D eigenvalue weighted by atomic mass is 10.1. The van der Waals surface area contributed by atoms with E-state index in [4.69, 9.17) is 11.6 Å². The number of amidine groups is 1. The fourth-order valence-electron chi connectivity index (χ4n) is 2.83. The van der Waals surface area contributed by atoms with Crippen LogP contribution >= 0.6 is 23.4 Å². The molecule has 1 aliphatic heterocycles. The van der Waals surface area contributed by atoms with Gasteiger partial charge >= 0.3 is 0 Å². The van der Waals surface area contributed by atoms with Gasteiger partial charge in [-0.15, -0.1) is 5.10 Å². The Kier molecular flexibility index (Phi) is 6.69. The first-order valence-corrected chi connectivity index (χ1v) is 10.2. The van der Waals surface area contributed by atoms with Crippen LogP contribution < -0.4 is 0 Å². The van der Waals surface area contributed by atoms with Gasteiger partial charge in [0.25, 0.3) is 0 Å². The first-order chi connectivity index (χ1) is 13.1. The number of carbonyl (C=O) groups is 1. The first-order valence-electron chi connectivity index (χ1n) is 8.97. The molecule has 27 heavy (non-hydrogen) atoms. The second-order valence-electron chi connectivity index (χ2n) is 6.42. The molecule has 2 aromatic rings. The smallest absolute Gasteiger partial charge is 0.242 e. The van der Waals surface area contributed by atoms with Gasteiger partial charge in [-0.3, -0.25) is 9.69 Å². The van der Waals surface area contributed by atoms with Crippen molar-refractivity contribution in [1.82, 2.24) is 4.90 Å². The van der Waals surface area contributed by atoms with Crippen LogP contribution in [0.2, 0.25) is 5.02 Å². The van der Waals surface area contributed by atoms with Crippen molar-refractivity contribution >= 4 is 40.7 Å². The second kappa shape index (κ2) is 9.20. The molecule has 1 fully saturated rings. The Morgan fingerprint density at radius 2 is 1.93 bits per heavy atom. The summed E-state index contributed by atoms with van der Waals surface area (Å²) in [6.07, 6.45) is 3.48. The van der Waals surface area contributed by atoms with E-state index < -0.39 is 0 Å². The Morgan fingerprint density at radius 3 is 2.63 bits per heavy atom. The summed E-state index contributed by atoms with van der Waals surface area (Å²) in [5.41, 5.74) is 3.20. The van der Waals surface area contributed by atoms with E-state index in [1.807, 2.05) is 36.4 Å². The van der Waals surface area contributed by atoms with E-state index in [1.165, 1.54) is 17.3 Å². The minimum absolute atomic E-state index is 0.0801. The standard InChI is InChI=1S/C21H22ClN3OS/c1-3-6-19-20(26)25(14-17-8-5-4-7-15(17)2)21(27-19)24-23-13-16-9-11-18(22)12-10-16/h4-5,7-13,19H,3,6,14H2,1-2H3/b23-13-,24-21-/t19-/m1/s1. The van der Waals surface area contributed by atoms with Gasteiger partial charge in [-0.25, -0.2) is 0 Å². The molecule has 1 saturated heterocycles. The SMILES string of the molecule is CCC[C@H]1S/C(=N\N=C/c2ccc(Cl)cc2)N(Cc2ccccc2C)C1=O. The summed E-state index contributed by atoms with van der Waals surface area (Å²) in [5, 5.41) is 9.82. The highest BCUT2D eigenvalue weighted by molar-refractivity contribution is 8.15. The van der Waals surface area contributed by atoms with E-state index in [2.05, 4.69) is 36.2 Å². The highest BCUT2D eigenvalue weighted by Gasteiger charge is 2.37. The Morgan fingerprint density at radius 1 is 1.19 bits per heavy atom. The minimum atomic E-state index is -0.0801. The molecule has 0 bridgehead atoms. The molecular weight excluding hydrogens is 378 g/mol. The summed E-state index contributed by atoms with van der Waals surface area (Å²) in [5.74, 6) is 0.116. The molecule has 0 radical (unpaired) electrons. The predicted molar refractivity (Wildman–Crippen MR) is 114 cm³/mol. The third-order valence-electron chi connectivity index (χ3n) is 4.38. The van der Waals surface area contributed by atoms with E-state index in [1.54, 1.807) is 11.1 Å². The molecular formula is C21H22ClN3OS. The zero-order valence-corrected chi connectivity index (χ0v) is 17.0. The number of hydrogen-bond acceptors (Lipinski definition) is 4. The summed E-state index contributed by atoms with van der Waals surface area (Å²) >= 11 is 7.41. The van der Waals surface area contributed by atoms with Crippen molar-refractivity contribution in [1.29, 1.82) is 0 Å². The monoisotopic (exact) mass is 399 g/mol. The Bertz CT molecular complexity index is 864. The molecule has 0 aromatic heterocycles. The van der Waals surface area contributed by atoms with Gasteiger partial charge in [-0.2, -0.15) is 5.10 Å². The lowest BCUT2D eigenvalue weighted by molar-refractivity contribution is -0.126. The third-order valence-corrected chi connectivity index (χ3v) is 5.87. The molecule has 0 aliphatic carbocycles. The van der Waals surface area contributed by atoms with Gasteiger partial charge in [0.05, 0.1) is 18.0 Å². The maximum absolute atomic E-state index is 12.8. The molecule has 0 N–H and O–H groups in total. The molecule has 0 spiro atoms. The number of nitrogens with zero attached hydrogens (tertiary/aromatic N) is 3. The molecule has 1 heterocycles. The lowest BCUT2D eigenvalue weighted by Gasteiger charge is -2.17. The zero-order chi connectivity index (χ0) is 19.2. The van der Waals surface area contributed by atoms with Crippen LogP contribution in [0, 0.1) is 6.92 Å². The number of rotatable bonds is 6. The highest BCUT2D eigenvalue weighted by Crippen LogP contribution is 2.32. The number of halogens is 1. The molecule has 4 nitrogen and oxygen atoms in total. The van der Waals surface area contributed by atoms with E-state index in [9.17, 15) is 4.79 Å². The van der Waals surface area contributed by atoms with Gasteiger partial charge in [0.15, 0.2) is 5.17 Å². The fraction of sp³-hybridized carbons (Fsp3) is 0.286. The summed E-state index contributed by atoms with van der Waals surface area (Å²) in [6, 6.07) is 15.5. The van der Waals surface area contributed by atoms with Gasteiger partial charge in [-0.05, 0) is 42.2 Å². The van der Waals surface area contributed by atoms with E-state index in [-0.39, 0.29) is 11.2 Å². The van der Waals surface area contributed by atoms with Crippen LogP contribution in [0.1, 0.15) is 36.5 Å². The zero-order valence-electron chi connectivity index (χ0n) is 15.4. The van der Waals surface area contributed by atoms with Crippen LogP contribution in [0.5, 0.6) is 0 Å². The number of carbonyl (C=O) groups excluding carboxylic acids is 1. The van der Waals surface area contributed by atoms with Crippen LogP contribution in [0.15, 0.2) is 58.7 Å². The average Bonchev–Trinajstić information content (AvgIpc) is 2.95. The van der Waals surface area contributed by atoms with Crippen molar-refractivity contribution in [2.24, 2.45) is 10.2 Å². The maximum Gasteiger partial charge on any atom is 0.242 e. The van der Waals surface area contributed by atoms with Gasteiger partial charge in [-0.1, -0.05) is 73.1 Å². The average molecular weight is 400 g/mol. The molecule has 0 saturated carbocycles. The van der Waals surface area contributed by atoms with E-state index in [0.717, 1.165) is 24.0 Å². The van der Waals surface area contributed by atoms with E-state index in [0.29, 0.717) is 16.7 Å². The van der Waals surface area contributed by atoms with Crippen LogP contribution in [-0.4, -0.2) is 27.4 Å². The van der Waals surface area contributed by atoms with Crippen LogP contribution in [0.25, 0.3) is 0 Å². The van der Waals surface area contributed by atoms with Crippen LogP contribution in [0.4, 0.5) is 0 Å². The normalized spacial score (nSPS) is 18.8. The second-order valence-corrected chi connectivity index (χ2v) is 8.03. The van der Waals surface area contributed by atoms with Crippen molar-refractivity contribution in [2.45, 2.75) is 38.5 Å². The Hall–Kier alpha value is -2.11. The van der Waals surface area contributed by atoms with Crippen LogP contribution in [-0.2, 0) is 11.3 Å².